The Morgan fingerprint density at radius 3 is 2.79 bits per heavy atom. The van der Waals surface area contributed by atoms with E-state index in [1.165, 1.54) is 0 Å². The minimum absolute atomic E-state index is 0.00792. The molecule has 38 heavy (non-hydrogen) atoms. The van der Waals surface area contributed by atoms with Crippen LogP contribution < -0.4 is 4.74 Å². The van der Waals surface area contributed by atoms with Crippen molar-refractivity contribution in [3.63, 3.8) is 0 Å². The Hall–Kier alpha value is -3.09. The Morgan fingerprint density at radius 1 is 1.18 bits per heavy atom. The summed E-state index contributed by atoms with van der Waals surface area (Å²) in [7, 11) is 0. The van der Waals surface area contributed by atoms with Crippen molar-refractivity contribution < 1.29 is 19.3 Å². The molecule has 1 aliphatic rings. The second-order valence-corrected chi connectivity index (χ2v) is 10.3. The van der Waals surface area contributed by atoms with Crippen molar-refractivity contribution >= 4 is 49.6 Å². The molecule has 1 aliphatic heterocycles. The molecule has 0 amide bonds. The fourth-order valence-corrected chi connectivity index (χ4v) is 4.99. The average molecular weight is 600 g/mol. The van der Waals surface area contributed by atoms with Crippen molar-refractivity contribution in [3.05, 3.63) is 59.8 Å². The molecule has 0 unspecified atom stereocenters. The first-order chi connectivity index (χ1) is 18.4. The molecule has 0 atom stereocenters. The normalized spacial score (nSPS) is 19.8. The number of aromatic nitrogens is 6. The third kappa shape index (κ3) is 4.87. The lowest BCUT2D eigenvalue weighted by Crippen LogP contribution is -2.46. The number of H-pyrrole nitrogens is 1. The van der Waals surface area contributed by atoms with E-state index in [-0.39, 0.29) is 6.61 Å². The molecular weight excluding hydrogens is 576 g/mol. The van der Waals surface area contributed by atoms with Gasteiger partial charge in [0.25, 0.3) is 0 Å². The van der Waals surface area contributed by atoms with Crippen LogP contribution in [0.3, 0.4) is 0 Å². The van der Waals surface area contributed by atoms with E-state index in [9.17, 15) is 5.11 Å². The van der Waals surface area contributed by atoms with Gasteiger partial charge in [-0.2, -0.15) is 5.10 Å². The number of nitrogens with one attached hydrogen (secondary N) is 1. The number of hydrogen-bond acceptors (Lipinski definition) is 8. The maximum absolute atomic E-state index is 9.63. The number of hydrogen-bond donors (Lipinski definition) is 2. The number of aryl methyl sites for hydroxylation is 1. The number of halogens is 2. The van der Waals surface area contributed by atoms with Gasteiger partial charge in [-0.3, -0.25) is 9.67 Å². The van der Waals surface area contributed by atoms with Gasteiger partial charge in [-0.1, -0.05) is 27.5 Å². The molecule has 5 aromatic rings. The predicted molar refractivity (Wildman–Crippen MR) is 146 cm³/mol. The molecule has 0 bridgehead atoms. The summed E-state index contributed by atoms with van der Waals surface area (Å²) in [5.74, 6) is 1.95. The topological polar surface area (TPSA) is 120 Å². The fourth-order valence-electron chi connectivity index (χ4n) is 4.24. The van der Waals surface area contributed by atoms with Crippen LogP contribution in [0.1, 0.15) is 5.82 Å². The van der Waals surface area contributed by atoms with Crippen molar-refractivity contribution in [3.8, 4) is 22.8 Å². The number of imidazole rings is 1. The van der Waals surface area contributed by atoms with E-state index in [4.69, 9.17) is 30.8 Å². The van der Waals surface area contributed by atoms with Crippen LogP contribution in [0.2, 0.25) is 5.02 Å². The van der Waals surface area contributed by atoms with Gasteiger partial charge in [0, 0.05) is 23.2 Å². The van der Waals surface area contributed by atoms with Crippen LogP contribution in [-0.4, -0.2) is 66.3 Å². The summed E-state index contributed by atoms with van der Waals surface area (Å²) in [5, 5.41) is 15.0. The van der Waals surface area contributed by atoms with Crippen LogP contribution in [0.4, 0.5) is 0 Å². The number of alkyl halides is 1. The first-order valence-corrected chi connectivity index (χ1v) is 13.5. The van der Waals surface area contributed by atoms with Crippen molar-refractivity contribution in [1.82, 2.24) is 29.7 Å². The molecule has 0 saturated carbocycles. The lowest BCUT2D eigenvalue weighted by Gasteiger charge is -2.37. The van der Waals surface area contributed by atoms with Gasteiger partial charge in [0.2, 0.25) is 0 Å². The Balaban J connectivity index is 1.21. The highest BCUT2D eigenvalue weighted by atomic mass is 79.9. The fraction of sp³-hybridized carbons (Fsp3) is 0.308. The van der Waals surface area contributed by atoms with Crippen LogP contribution in [-0.2, 0) is 16.0 Å². The minimum atomic E-state index is -0.455. The number of benzene rings is 2. The van der Waals surface area contributed by atoms with E-state index in [2.05, 4.69) is 36.0 Å². The van der Waals surface area contributed by atoms with E-state index >= 15 is 0 Å². The lowest BCUT2D eigenvalue weighted by atomic mass is 9.93. The molecule has 0 spiro atoms. The van der Waals surface area contributed by atoms with Crippen molar-refractivity contribution in [2.45, 2.75) is 19.8 Å². The molecule has 196 valence electrons. The van der Waals surface area contributed by atoms with Crippen LogP contribution in [0.25, 0.3) is 33.3 Å². The zero-order valence-electron chi connectivity index (χ0n) is 20.4. The predicted octanol–water partition coefficient (Wildman–Crippen LogP) is 4.87. The average Bonchev–Trinajstić information content (AvgIpc) is 3.56. The van der Waals surface area contributed by atoms with E-state index in [1.807, 2.05) is 37.4 Å². The molecule has 4 heterocycles. The molecule has 2 N–H and O–H groups in total. The molecule has 0 aliphatic carbocycles. The second kappa shape index (κ2) is 10.2. The van der Waals surface area contributed by atoms with Gasteiger partial charge in [0.05, 0.1) is 66.4 Å². The molecule has 0 radical (unpaired) electrons. The summed E-state index contributed by atoms with van der Waals surface area (Å²) in [6, 6.07) is 9.24. The zero-order valence-corrected chi connectivity index (χ0v) is 22.7. The molecule has 12 heteroatoms. The Bertz CT molecular complexity index is 1610. The lowest BCUT2D eigenvalue weighted by molar-refractivity contribution is -0.235. The van der Waals surface area contributed by atoms with Gasteiger partial charge in [0.15, 0.2) is 6.29 Å². The van der Waals surface area contributed by atoms with Gasteiger partial charge in [0.1, 0.15) is 27.9 Å². The van der Waals surface area contributed by atoms with Crippen molar-refractivity contribution in [1.29, 1.82) is 0 Å². The van der Waals surface area contributed by atoms with Crippen LogP contribution in [0.15, 0.2) is 48.9 Å². The number of aliphatic hydroxyl groups is 1. The van der Waals surface area contributed by atoms with E-state index < -0.39 is 11.7 Å². The monoisotopic (exact) mass is 598 g/mol. The van der Waals surface area contributed by atoms with Gasteiger partial charge in [-0.15, -0.1) is 0 Å². The number of aromatic amines is 1. The maximum atomic E-state index is 9.63. The molecule has 6 rings (SSSR count). The molecule has 2 aromatic carbocycles. The quantitative estimate of drug-likeness (QED) is 0.254. The Morgan fingerprint density at radius 2 is 2.00 bits per heavy atom. The summed E-state index contributed by atoms with van der Waals surface area (Å²) >= 11 is 10.2. The molecule has 1 fully saturated rings. The van der Waals surface area contributed by atoms with E-state index in [0.29, 0.717) is 58.3 Å². The number of fused-ring (bicyclic) bond motifs is 2. The number of aliphatic hydroxyl groups excluding tert-OH is 1. The number of ether oxygens (including phenoxy) is 3. The summed E-state index contributed by atoms with van der Waals surface area (Å²) in [6.45, 7) is 3.12. The first kappa shape index (κ1) is 25.2. The summed E-state index contributed by atoms with van der Waals surface area (Å²) in [6.07, 6.45) is 4.80. The zero-order chi connectivity index (χ0) is 26.3. The molecule has 1 saturated heterocycles. The van der Waals surface area contributed by atoms with Crippen molar-refractivity contribution in [2.75, 3.05) is 25.2 Å². The summed E-state index contributed by atoms with van der Waals surface area (Å²) in [4.78, 5) is 16.9. The molecule has 3 aromatic heterocycles. The maximum Gasteiger partial charge on any atom is 0.177 e. The minimum Gasteiger partial charge on any atom is -0.456 e. The number of nitrogens with zero attached hydrogens (tertiary/aromatic N) is 5. The first-order valence-electron chi connectivity index (χ1n) is 12.0. The van der Waals surface area contributed by atoms with Gasteiger partial charge < -0.3 is 24.3 Å². The van der Waals surface area contributed by atoms with Gasteiger partial charge >= 0.3 is 0 Å². The molecule has 10 nitrogen and oxygen atoms in total. The van der Waals surface area contributed by atoms with Crippen molar-refractivity contribution in [2.24, 2.45) is 5.41 Å². The Kier molecular flexibility index (Phi) is 6.79. The third-order valence-corrected chi connectivity index (χ3v) is 8.01. The number of rotatable bonds is 7. The highest BCUT2D eigenvalue weighted by Crippen LogP contribution is 2.35. The summed E-state index contributed by atoms with van der Waals surface area (Å²) in [5.41, 5.74) is 3.93. The van der Waals surface area contributed by atoms with Gasteiger partial charge in [-0.05, 0) is 31.2 Å². The molecular formula is C26H24BrClN6O4. The standard InChI is InChI=1S/C26H24BrClN6O4/c1-15-31-18-3-2-17(6-20(18)32-15)38-22-5-4-19-25(24(22)28)33-21(8-29-19)16-7-30-34(9-16)10-23-36-13-26(11-27,12-35)14-37-23/h2-9,23,35H,10-14H2,1H3,(H,31,32). The van der Waals surface area contributed by atoms with E-state index in [1.54, 1.807) is 23.1 Å². The smallest absolute Gasteiger partial charge is 0.177 e. The highest BCUT2D eigenvalue weighted by molar-refractivity contribution is 9.09. The van der Waals surface area contributed by atoms with Crippen LogP contribution >= 0.6 is 27.5 Å². The van der Waals surface area contributed by atoms with Crippen LogP contribution in [0.5, 0.6) is 11.5 Å². The summed E-state index contributed by atoms with van der Waals surface area (Å²) < 4.78 is 19.5. The third-order valence-electron chi connectivity index (χ3n) is 6.45. The van der Waals surface area contributed by atoms with Crippen LogP contribution in [0, 0.1) is 12.3 Å². The van der Waals surface area contributed by atoms with E-state index in [0.717, 1.165) is 22.4 Å². The largest absolute Gasteiger partial charge is 0.456 e. The highest BCUT2D eigenvalue weighted by Gasteiger charge is 2.36. The SMILES string of the molecule is Cc1nc2ccc(Oc3ccc4ncc(-c5cnn(CC6OCC(CO)(CBr)CO6)c5)nc4c3Cl)cc2[nH]1. The Labute approximate surface area is 231 Å². The second-order valence-electron chi connectivity index (χ2n) is 9.40. The van der Waals surface area contributed by atoms with Gasteiger partial charge in [-0.25, -0.2) is 9.97 Å².